The quantitative estimate of drug-likeness (QED) is 0.878. The molecular weight excluding hydrogens is 231 g/mol. The fourth-order valence-electron chi connectivity index (χ4n) is 2.28. The molecule has 4 heteroatoms. The molecular formula is C14H21FN2O. The van der Waals surface area contributed by atoms with Crippen molar-refractivity contribution >= 4 is 5.69 Å². The molecule has 2 N–H and O–H groups in total. The summed E-state index contributed by atoms with van der Waals surface area (Å²) < 4.78 is 19.7. The van der Waals surface area contributed by atoms with Gasteiger partial charge in [-0.2, -0.15) is 0 Å². The third-order valence-corrected chi connectivity index (χ3v) is 3.41. The first-order chi connectivity index (χ1) is 8.49. The summed E-state index contributed by atoms with van der Waals surface area (Å²) >= 11 is 0. The molecule has 3 atom stereocenters. The van der Waals surface area contributed by atoms with E-state index < -0.39 is 0 Å². The predicted octanol–water partition coefficient (Wildman–Crippen LogP) is 2.46. The number of anilines is 1. The molecule has 1 aromatic carbocycles. The van der Waals surface area contributed by atoms with Crippen LogP contribution in [0.2, 0.25) is 0 Å². The van der Waals surface area contributed by atoms with Crippen LogP contribution in [-0.2, 0) is 4.74 Å². The first-order valence-corrected chi connectivity index (χ1v) is 6.42. The number of benzene rings is 1. The van der Waals surface area contributed by atoms with Crippen LogP contribution in [-0.4, -0.2) is 25.3 Å². The molecule has 3 nitrogen and oxygen atoms in total. The molecule has 1 heterocycles. The van der Waals surface area contributed by atoms with Crippen molar-refractivity contribution in [2.45, 2.75) is 39.0 Å². The minimum absolute atomic E-state index is 0.133. The molecule has 0 bridgehead atoms. The van der Waals surface area contributed by atoms with E-state index in [1.54, 1.807) is 0 Å². The Hall–Kier alpha value is -1.13. The fraction of sp³-hybridized carbons (Fsp3) is 0.571. The lowest BCUT2D eigenvalue weighted by molar-refractivity contribution is 0.0341. The number of hydrogen-bond acceptors (Lipinski definition) is 3. The first kappa shape index (κ1) is 13.3. The summed E-state index contributed by atoms with van der Waals surface area (Å²) in [6, 6.07) is 5.30. The Morgan fingerprint density at radius 3 is 2.78 bits per heavy atom. The number of morpholine rings is 1. The molecule has 0 aliphatic carbocycles. The van der Waals surface area contributed by atoms with Gasteiger partial charge in [-0.25, -0.2) is 4.39 Å². The van der Waals surface area contributed by atoms with Crippen molar-refractivity contribution in [1.29, 1.82) is 0 Å². The number of nitrogens with zero attached hydrogens (tertiary/aromatic N) is 1. The third kappa shape index (κ3) is 2.65. The van der Waals surface area contributed by atoms with Gasteiger partial charge in [-0.15, -0.1) is 0 Å². The van der Waals surface area contributed by atoms with Crippen LogP contribution >= 0.6 is 0 Å². The van der Waals surface area contributed by atoms with Gasteiger partial charge in [0, 0.05) is 18.6 Å². The Bertz CT molecular complexity index is 422. The molecule has 0 amide bonds. The average Bonchev–Trinajstić information content (AvgIpc) is 2.32. The Morgan fingerprint density at radius 1 is 1.44 bits per heavy atom. The molecule has 0 aromatic heterocycles. The van der Waals surface area contributed by atoms with Crippen molar-refractivity contribution in [3.63, 3.8) is 0 Å². The maximum Gasteiger partial charge on any atom is 0.146 e. The highest BCUT2D eigenvalue weighted by Gasteiger charge is 2.25. The van der Waals surface area contributed by atoms with Crippen molar-refractivity contribution in [1.82, 2.24) is 0 Å². The van der Waals surface area contributed by atoms with Crippen LogP contribution in [0, 0.1) is 5.82 Å². The fourth-order valence-corrected chi connectivity index (χ4v) is 2.28. The first-order valence-electron chi connectivity index (χ1n) is 6.42. The second-order valence-corrected chi connectivity index (χ2v) is 5.14. The van der Waals surface area contributed by atoms with E-state index in [1.807, 2.05) is 32.9 Å². The van der Waals surface area contributed by atoms with Crippen molar-refractivity contribution in [2.24, 2.45) is 5.73 Å². The highest BCUT2D eigenvalue weighted by molar-refractivity contribution is 5.51. The summed E-state index contributed by atoms with van der Waals surface area (Å²) in [6.45, 7) is 7.26. The molecule has 1 aromatic rings. The molecule has 0 radical (unpaired) electrons. The Labute approximate surface area is 108 Å². The maximum absolute atomic E-state index is 14.2. The van der Waals surface area contributed by atoms with Crippen LogP contribution in [0.25, 0.3) is 0 Å². The largest absolute Gasteiger partial charge is 0.375 e. The van der Waals surface area contributed by atoms with Gasteiger partial charge in [0.25, 0.3) is 0 Å². The van der Waals surface area contributed by atoms with Gasteiger partial charge in [0.2, 0.25) is 0 Å². The molecule has 1 saturated heterocycles. The molecule has 100 valence electrons. The van der Waals surface area contributed by atoms with Gasteiger partial charge in [0.1, 0.15) is 5.82 Å². The number of hydrogen-bond donors (Lipinski definition) is 1. The van der Waals surface area contributed by atoms with Gasteiger partial charge < -0.3 is 15.4 Å². The van der Waals surface area contributed by atoms with Crippen molar-refractivity contribution in [3.05, 3.63) is 29.6 Å². The minimum atomic E-state index is -0.203. The van der Waals surface area contributed by atoms with Crippen LogP contribution < -0.4 is 10.6 Å². The van der Waals surface area contributed by atoms with Crippen LogP contribution in [0.1, 0.15) is 32.4 Å². The third-order valence-electron chi connectivity index (χ3n) is 3.41. The summed E-state index contributed by atoms with van der Waals surface area (Å²) in [6.07, 6.45) is 0.133. The van der Waals surface area contributed by atoms with E-state index in [0.29, 0.717) is 12.3 Å². The van der Waals surface area contributed by atoms with E-state index in [0.717, 1.165) is 12.1 Å². The Kier molecular flexibility index (Phi) is 3.88. The van der Waals surface area contributed by atoms with Crippen LogP contribution in [0.15, 0.2) is 18.2 Å². The van der Waals surface area contributed by atoms with Gasteiger partial charge in [0.05, 0.1) is 18.4 Å². The monoisotopic (exact) mass is 252 g/mol. The lowest BCUT2D eigenvalue weighted by Gasteiger charge is -2.38. The second kappa shape index (κ2) is 5.24. The number of nitrogens with two attached hydrogens (primary N) is 1. The van der Waals surface area contributed by atoms with E-state index in [4.69, 9.17) is 10.5 Å². The van der Waals surface area contributed by atoms with E-state index in [-0.39, 0.29) is 24.0 Å². The molecule has 1 fully saturated rings. The van der Waals surface area contributed by atoms with Crippen molar-refractivity contribution in [3.8, 4) is 0 Å². The highest BCUT2D eigenvalue weighted by atomic mass is 19.1. The number of ether oxygens (including phenoxy) is 1. The van der Waals surface area contributed by atoms with Gasteiger partial charge in [0.15, 0.2) is 0 Å². The van der Waals surface area contributed by atoms with Gasteiger partial charge in [-0.05, 0) is 38.5 Å². The molecule has 0 saturated carbocycles. The highest BCUT2D eigenvalue weighted by Crippen LogP contribution is 2.26. The zero-order valence-corrected chi connectivity index (χ0v) is 11.2. The van der Waals surface area contributed by atoms with Gasteiger partial charge in [-0.1, -0.05) is 6.07 Å². The number of rotatable bonds is 2. The van der Waals surface area contributed by atoms with E-state index >= 15 is 0 Å². The zero-order valence-electron chi connectivity index (χ0n) is 11.2. The van der Waals surface area contributed by atoms with E-state index in [9.17, 15) is 4.39 Å². The summed E-state index contributed by atoms with van der Waals surface area (Å²) in [7, 11) is 0. The Balaban J connectivity index is 2.27. The van der Waals surface area contributed by atoms with Crippen LogP contribution in [0.4, 0.5) is 10.1 Å². The molecule has 3 unspecified atom stereocenters. The summed E-state index contributed by atoms with van der Waals surface area (Å²) in [5.74, 6) is -0.203. The lowest BCUT2D eigenvalue weighted by atomic mass is 10.1. The van der Waals surface area contributed by atoms with Crippen LogP contribution in [0.5, 0.6) is 0 Å². The molecule has 1 aliphatic heterocycles. The summed E-state index contributed by atoms with van der Waals surface area (Å²) in [4.78, 5) is 2.06. The maximum atomic E-state index is 14.2. The zero-order chi connectivity index (χ0) is 13.3. The SMILES string of the molecule is CC1CN(c2ccc(C(C)N)cc2F)C(C)CO1. The molecule has 18 heavy (non-hydrogen) atoms. The van der Waals surface area contributed by atoms with Gasteiger partial charge >= 0.3 is 0 Å². The van der Waals surface area contributed by atoms with Crippen LogP contribution in [0.3, 0.4) is 0 Å². The second-order valence-electron chi connectivity index (χ2n) is 5.14. The topological polar surface area (TPSA) is 38.5 Å². The van der Waals surface area contributed by atoms with Gasteiger partial charge in [-0.3, -0.25) is 0 Å². The van der Waals surface area contributed by atoms with Crippen molar-refractivity contribution < 1.29 is 9.13 Å². The number of halogens is 1. The van der Waals surface area contributed by atoms with E-state index in [2.05, 4.69) is 4.90 Å². The van der Waals surface area contributed by atoms with Crippen molar-refractivity contribution in [2.75, 3.05) is 18.1 Å². The molecule has 2 rings (SSSR count). The average molecular weight is 252 g/mol. The lowest BCUT2D eigenvalue weighted by Crippen LogP contribution is -2.47. The standard InChI is InChI=1S/C14H21FN2O/c1-9-8-18-10(2)7-17(9)14-5-4-12(11(3)16)6-13(14)15/h4-6,9-11H,7-8,16H2,1-3H3. The predicted molar refractivity (Wildman–Crippen MR) is 71.2 cm³/mol. The summed E-state index contributed by atoms with van der Waals surface area (Å²) in [5.41, 5.74) is 7.23. The normalized spacial score (nSPS) is 26.2. The summed E-state index contributed by atoms with van der Waals surface area (Å²) in [5, 5.41) is 0. The smallest absolute Gasteiger partial charge is 0.146 e. The van der Waals surface area contributed by atoms with E-state index in [1.165, 1.54) is 6.07 Å². The molecule has 0 spiro atoms. The molecule has 1 aliphatic rings. The minimum Gasteiger partial charge on any atom is -0.375 e. The Morgan fingerprint density at radius 2 is 2.17 bits per heavy atom.